The second-order valence-corrected chi connectivity index (χ2v) is 6.35. The van der Waals surface area contributed by atoms with Crippen LogP contribution in [0.4, 0.5) is 5.69 Å². The van der Waals surface area contributed by atoms with E-state index in [1.54, 1.807) is 6.92 Å². The van der Waals surface area contributed by atoms with E-state index in [2.05, 4.69) is 10.1 Å². The summed E-state index contributed by atoms with van der Waals surface area (Å²) < 4.78 is 4.57. The van der Waals surface area contributed by atoms with E-state index in [9.17, 15) is 9.59 Å². The molecule has 0 spiro atoms. The predicted octanol–water partition coefficient (Wildman–Crippen LogP) is 3.88. The zero-order valence-corrected chi connectivity index (χ0v) is 13.8. The highest BCUT2D eigenvalue weighted by molar-refractivity contribution is 8.01. The van der Waals surface area contributed by atoms with Crippen molar-refractivity contribution < 1.29 is 14.3 Å². The van der Waals surface area contributed by atoms with Gasteiger partial charge in [0.15, 0.2) is 0 Å². The number of hydrogen-bond acceptors (Lipinski definition) is 4. The van der Waals surface area contributed by atoms with Gasteiger partial charge in [-0.15, -0.1) is 11.8 Å². The molecule has 0 bridgehead atoms. The molecule has 0 fully saturated rings. The number of ether oxygens (including phenoxy) is 1. The smallest absolute Gasteiger partial charge is 0.318 e. The Morgan fingerprint density at radius 1 is 1.30 bits per heavy atom. The summed E-state index contributed by atoms with van der Waals surface area (Å²) in [7, 11) is 1.30. The number of hydrogen-bond donors (Lipinski definition) is 1. The Kier molecular flexibility index (Phi) is 6.95. The minimum atomic E-state index is -0.429. The first-order chi connectivity index (χ1) is 9.35. The molecule has 0 aliphatic rings. The Hall–Kier alpha value is -0.620. The SMILES string of the molecule is COC(=O)C(C)SCC(=O)Nc1c(Cl)cc(Cl)cc1Cl. The van der Waals surface area contributed by atoms with Gasteiger partial charge in [0.25, 0.3) is 0 Å². The molecule has 1 atom stereocenters. The van der Waals surface area contributed by atoms with Crippen LogP contribution in [0.15, 0.2) is 12.1 Å². The fourth-order valence-corrected chi connectivity index (χ4v) is 2.89. The normalized spacial score (nSPS) is 11.8. The fraction of sp³-hybridized carbons (Fsp3) is 0.333. The summed E-state index contributed by atoms with van der Waals surface area (Å²) >= 11 is 18.8. The molecule has 110 valence electrons. The summed E-state index contributed by atoms with van der Waals surface area (Å²) in [5, 5.41) is 3.04. The molecular formula is C12H12Cl3NO3S. The third-order valence-electron chi connectivity index (χ3n) is 2.27. The highest BCUT2D eigenvalue weighted by Gasteiger charge is 2.17. The number of benzene rings is 1. The molecule has 1 amide bonds. The average Bonchev–Trinajstić information content (AvgIpc) is 2.39. The number of halogens is 3. The minimum Gasteiger partial charge on any atom is -0.468 e. The molecule has 1 N–H and O–H groups in total. The predicted molar refractivity (Wildman–Crippen MR) is 84.0 cm³/mol. The molecule has 0 aliphatic carbocycles. The van der Waals surface area contributed by atoms with Crippen LogP contribution in [0.2, 0.25) is 15.1 Å². The van der Waals surface area contributed by atoms with E-state index in [0.717, 1.165) is 11.8 Å². The highest BCUT2D eigenvalue weighted by Crippen LogP contribution is 2.33. The van der Waals surface area contributed by atoms with E-state index < -0.39 is 5.25 Å². The van der Waals surface area contributed by atoms with Crippen molar-refractivity contribution in [3.8, 4) is 0 Å². The Morgan fingerprint density at radius 3 is 2.35 bits per heavy atom. The number of carbonyl (C=O) groups excluding carboxylic acids is 2. The molecule has 20 heavy (non-hydrogen) atoms. The van der Waals surface area contributed by atoms with Gasteiger partial charge in [-0.1, -0.05) is 34.8 Å². The number of rotatable bonds is 5. The minimum absolute atomic E-state index is 0.0750. The van der Waals surface area contributed by atoms with Crippen LogP contribution in [-0.2, 0) is 14.3 Å². The quantitative estimate of drug-likeness (QED) is 0.813. The lowest BCUT2D eigenvalue weighted by atomic mass is 10.3. The molecule has 0 saturated carbocycles. The number of methoxy groups -OCH3 is 1. The topological polar surface area (TPSA) is 55.4 Å². The van der Waals surface area contributed by atoms with Crippen molar-refractivity contribution in [1.29, 1.82) is 0 Å². The van der Waals surface area contributed by atoms with Crippen molar-refractivity contribution in [1.82, 2.24) is 0 Å². The maximum absolute atomic E-state index is 11.8. The fourth-order valence-electron chi connectivity index (χ4n) is 1.27. The lowest BCUT2D eigenvalue weighted by molar-refractivity contribution is -0.139. The zero-order chi connectivity index (χ0) is 15.3. The molecule has 0 saturated heterocycles. The number of carbonyl (C=O) groups is 2. The Bertz CT molecular complexity index is 502. The van der Waals surface area contributed by atoms with E-state index in [4.69, 9.17) is 34.8 Å². The number of esters is 1. The summed E-state index contributed by atoms with van der Waals surface area (Å²) in [5.74, 6) is -0.631. The van der Waals surface area contributed by atoms with Crippen LogP contribution in [0.3, 0.4) is 0 Å². The van der Waals surface area contributed by atoms with Crippen molar-refractivity contribution in [2.75, 3.05) is 18.2 Å². The average molecular weight is 357 g/mol. The van der Waals surface area contributed by atoms with E-state index in [0.29, 0.717) is 10.7 Å². The van der Waals surface area contributed by atoms with Gasteiger partial charge in [0.1, 0.15) is 5.25 Å². The third kappa shape index (κ3) is 5.05. The monoisotopic (exact) mass is 355 g/mol. The molecule has 8 heteroatoms. The first kappa shape index (κ1) is 17.4. The highest BCUT2D eigenvalue weighted by atomic mass is 35.5. The molecule has 1 unspecified atom stereocenters. The van der Waals surface area contributed by atoms with Crippen LogP contribution in [0, 0.1) is 0 Å². The summed E-state index contributed by atoms with van der Waals surface area (Å²) in [6.07, 6.45) is 0. The zero-order valence-electron chi connectivity index (χ0n) is 10.7. The largest absolute Gasteiger partial charge is 0.468 e. The van der Waals surface area contributed by atoms with Gasteiger partial charge in [0, 0.05) is 5.02 Å². The number of amides is 1. The molecular weight excluding hydrogens is 345 g/mol. The van der Waals surface area contributed by atoms with Gasteiger partial charge in [-0.2, -0.15) is 0 Å². The van der Waals surface area contributed by atoms with E-state index in [-0.39, 0.29) is 27.7 Å². The molecule has 4 nitrogen and oxygen atoms in total. The van der Waals surface area contributed by atoms with Crippen LogP contribution in [0.25, 0.3) is 0 Å². The van der Waals surface area contributed by atoms with Crippen LogP contribution < -0.4 is 5.32 Å². The number of anilines is 1. The first-order valence-electron chi connectivity index (χ1n) is 5.49. The Balaban J connectivity index is 2.62. The van der Waals surface area contributed by atoms with Gasteiger partial charge in [-0.25, -0.2) is 0 Å². The van der Waals surface area contributed by atoms with Gasteiger partial charge >= 0.3 is 5.97 Å². The van der Waals surface area contributed by atoms with Gasteiger partial charge in [0.2, 0.25) is 5.91 Å². The number of thioether (sulfide) groups is 1. The van der Waals surface area contributed by atoms with Crippen molar-refractivity contribution in [2.24, 2.45) is 0 Å². The third-order valence-corrected chi connectivity index (χ3v) is 4.20. The van der Waals surface area contributed by atoms with Crippen molar-refractivity contribution >= 4 is 64.1 Å². The molecule has 0 radical (unpaired) electrons. The van der Waals surface area contributed by atoms with Crippen molar-refractivity contribution in [3.05, 3.63) is 27.2 Å². The lowest BCUT2D eigenvalue weighted by Gasteiger charge is -2.11. The van der Waals surface area contributed by atoms with E-state index in [1.807, 2.05) is 0 Å². The molecule has 0 heterocycles. The van der Waals surface area contributed by atoms with Gasteiger partial charge < -0.3 is 10.1 Å². The van der Waals surface area contributed by atoms with Crippen LogP contribution in [0.5, 0.6) is 0 Å². The number of nitrogens with one attached hydrogen (secondary N) is 1. The van der Waals surface area contributed by atoms with Gasteiger partial charge in [0.05, 0.1) is 28.6 Å². The maximum Gasteiger partial charge on any atom is 0.318 e. The van der Waals surface area contributed by atoms with Crippen LogP contribution >= 0.6 is 46.6 Å². The molecule has 0 aliphatic heterocycles. The van der Waals surface area contributed by atoms with Gasteiger partial charge in [-0.05, 0) is 19.1 Å². The van der Waals surface area contributed by atoms with Gasteiger partial charge in [-0.3, -0.25) is 9.59 Å². The summed E-state index contributed by atoms with van der Waals surface area (Å²) in [6.45, 7) is 1.66. The summed E-state index contributed by atoms with van der Waals surface area (Å²) in [4.78, 5) is 23.0. The summed E-state index contributed by atoms with van der Waals surface area (Å²) in [5.41, 5.74) is 0.300. The molecule has 1 aromatic carbocycles. The second-order valence-electron chi connectivity index (χ2n) is 3.77. The maximum atomic E-state index is 11.8. The molecule has 0 aromatic heterocycles. The summed E-state index contributed by atoms with van der Waals surface area (Å²) in [6, 6.07) is 2.96. The second kappa shape index (κ2) is 7.98. The Morgan fingerprint density at radius 2 is 1.85 bits per heavy atom. The Labute approximate surface area is 136 Å². The van der Waals surface area contributed by atoms with Crippen molar-refractivity contribution in [2.45, 2.75) is 12.2 Å². The van der Waals surface area contributed by atoms with E-state index in [1.165, 1.54) is 19.2 Å². The van der Waals surface area contributed by atoms with E-state index >= 15 is 0 Å². The lowest BCUT2D eigenvalue weighted by Crippen LogP contribution is -2.20. The molecule has 1 rings (SSSR count). The van der Waals surface area contributed by atoms with Crippen molar-refractivity contribution in [3.63, 3.8) is 0 Å². The van der Waals surface area contributed by atoms with Crippen LogP contribution in [0.1, 0.15) is 6.92 Å². The molecule has 1 aromatic rings. The first-order valence-corrected chi connectivity index (χ1v) is 7.67. The standard InChI is InChI=1S/C12H12Cl3NO3S/c1-6(12(18)19-2)20-5-10(17)16-11-8(14)3-7(13)4-9(11)15/h3-4,6H,5H2,1-2H3,(H,16,17). The van der Waals surface area contributed by atoms with Crippen LogP contribution in [-0.4, -0.2) is 30.0 Å².